The van der Waals surface area contributed by atoms with Crippen molar-refractivity contribution >= 4 is 23.2 Å². The number of aliphatic hydroxyl groups excluding tert-OH is 1. The van der Waals surface area contributed by atoms with E-state index in [0.29, 0.717) is 22.5 Å². The molecule has 0 saturated carbocycles. The van der Waals surface area contributed by atoms with E-state index in [1.54, 1.807) is 0 Å². The second kappa shape index (κ2) is 5.57. The maximum Gasteiger partial charge on any atom is 0.0589 e. The molecule has 0 bridgehead atoms. The van der Waals surface area contributed by atoms with Gasteiger partial charge in [-0.15, -0.1) is 0 Å². The summed E-state index contributed by atoms with van der Waals surface area (Å²) in [6.07, 6.45) is 1.12. The number of hydrogen-bond acceptors (Lipinski definition) is 2. The molecule has 2 atom stereocenters. The molecule has 0 radical (unpaired) electrons. The quantitative estimate of drug-likeness (QED) is 0.915. The summed E-state index contributed by atoms with van der Waals surface area (Å²) in [5, 5.41) is 10.8. The zero-order valence-corrected chi connectivity index (χ0v) is 11.4. The van der Waals surface area contributed by atoms with Crippen LogP contribution in [0.2, 0.25) is 10.0 Å². The van der Waals surface area contributed by atoms with Crippen LogP contribution in [0.25, 0.3) is 0 Å². The monoisotopic (exact) mass is 273 g/mol. The molecule has 2 unspecified atom stereocenters. The number of halogens is 2. The Morgan fingerprint density at radius 2 is 2.00 bits per heavy atom. The van der Waals surface area contributed by atoms with Crippen molar-refractivity contribution in [3.8, 4) is 0 Å². The van der Waals surface area contributed by atoms with Gasteiger partial charge in [0.25, 0.3) is 0 Å². The Bertz CT molecular complexity index is 377. The highest BCUT2D eigenvalue weighted by Crippen LogP contribution is 2.30. The molecule has 1 heterocycles. The van der Waals surface area contributed by atoms with E-state index in [0.717, 1.165) is 18.5 Å². The van der Waals surface area contributed by atoms with Gasteiger partial charge < -0.3 is 5.11 Å². The molecule has 0 spiro atoms. The van der Waals surface area contributed by atoms with E-state index in [-0.39, 0.29) is 12.6 Å². The molecule has 2 rings (SSSR count). The lowest BCUT2D eigenvalue weighted by Crippen LogP contribution is -2.34. The number of aliphatic hydroxyl groups is 1. The summed E-state index contributed by atoms with van der Waals surface area (Å²) in [6.45, 7) is 4.08. The molecule has 0 amide bonds. The SMILES string of the molecule is CC1CCN(Cc2c(Cl)cccc2Cl)C1CO. The topological polar surface area (TPSA) is 23.5 Å². The largest absolute Gasteiger partial charge is 0.395 e. The molecule has 1 aliphatic heterocycles. The summed E-state index contributed by atoms with van der Waals surface area (Å²) in [5.74, 6) is 0.529. The predicted molar refractivity (Wildman–Crippen MR) is 71.5 cm³/mol. The highest BCUT2D eigenvalue weighted by Gasteiger charge is 2.30. The van der Waals surface area contributed by atoms with Crippen molar-refractivity contribution in [1.29, 1.82) is 0 Å². The lowest BCUT2D eigenvalue weighted by Gasteiger charge is -2.25. The van der Waals surface area contributed by atoms with Crippen LogP contribution in [-0.4, -0.2) is 29.2 Å². The van der Waals surface area contributed by atoms with Crippen LogP contribution >= 0.6 is 23.2 Å². The molecule has 17 heavy (non-hydrogen) atoms. The fraction of sp³-hybridized carbons (Fsp3) is 0.538. The molecule has 0 aromatic heterocycles. The van der Waals surface area contributed by atoms with Gasteiger partial charge in [-0.2, -0.15) is 0 Å². The van der Waals surface area contributed by atoms with E-state index >= 15 is 0 Å². The van der Waals surface area contributed by atoms with Crippen molar-refractivity contribution in [3.63, 3.8) is 0 Å². The Hall–Kier alpha value is -0.280. The molecule has 94 valence electrons. The molecule has 1 aromatic rings. The lowest BCUT2D eigenvalue weighted by molar-refractivity contribution is 0.134. The summed E-state index contributed by atoms with van der Waals surface area (Å²) in [6, 6.07) is 5.79. The Kier molecular flexibility index (Phi) is 4.31. The number of likely N-dealkylation sites (tertiary alicyclic amines) is 1. The lowest BCUT2D eigenvalue weighted by atomic mass is 10.0. The van der Waals surface area contributed by atoms with Crippen LogP contribution in [0, 0.1) is 5.92 Å². The Morgan fingerprint density at radius 1 is 1.35 bits per heavy atom. The third kappa shape index (κ3) is 2.76. The van der Waals surface area contributed by atoms with Crippen molar-refractivity contribution < 1.29 is 5.11 Å². The summed E-state index contributed by atoms with van der Waals surface area (Å²) in [5.41, 5.74) is 0.961. The minimum atomic E-state index is 0.198. The van der Waals surface area contributed by atoms with Gasteiger partial charge in [0.1, 0.15) is 0 Å². The minimum absolute atomic E-state index is 0.198. The summed E-state index contributed by atoms with van der Waals surface area (Å²) in [7, 11) is 0. The van der Waals surface area contributed by atoms with Crippen LogP contribution in [0.1, 0.15) is 18.9 Å². The van der Waals surface area contributed by atoms with Crippen LogP contribution < -0.4 is 0 Å². The van der Waals surface area contributed by atoms with Crippen LogP contribution in [0.15, 0.2) is 18.2 Å². The molecule has 1 aromatic carbocycles. The Balaban J connectivity index is 2.16. The fourth-order valence-electron chi connectivity index (χ4n) is 2.47. The van der Waals surface area contributed by atoms with Crippen molar-refractivity contribution in [2.75, 3.05) is 13.2 Å². The number of nitrogens with zero attached hydrogens (tertiary/aromatic N) is 1. The first-order valence-corrected chi connectivity index (χ1v) is 6.67. The van der Waals surface area contributed by atoms with Crippen molar-refractivity contribution in [2.24, 2.45) is 5.92 Å². The van der Waals surface area contributed by atoms with Gasteiger partial charge in [-0.1, -0.05) is 36.2 Å². The van der Waals surface area contributed by atoms with Crippen LogP contribution in [0.3, 0.4) is 0 Å². The molecule has 1 aliphatic rings. The van der Waals surface area contributed by atoms with Crippen LogP contribution in [0.5, 0.6) is 0 Å². The van der Waals surface area contributed by atoms with Gasteiger partial charge in [0.05, 0.1) is 6.61 Å². The third-order valence-corrected chi connectivity index (χ3v) is 4.32. The molecule has 1 N–H and O–H groups in total. The summed E-state index contributed by atoms with van der Waals surface area (Å²) >= 11 is 12.3. The van der Waals surface area contributed by atoms with E-state index in [4.69, 9.17) is 23.2 Å². The van der Waals surface area contributed by atoms with Gasteiger partial charge >= 0.3 is 0 Å². The maximum absolute atomic E-state index is 9.42. The Labute approximate surface area is 112 Å². The summed E-state index contributed by atoms with van der Waals surface area (Å²) in [4.78, 5) is 2.26. The average Bonchev–Trinajstić information content (AvgIpc) is 2.64. The Morgan fingerprint density at radius 3 is 2.59 bits per heavy atom. The molecular formula is C13H17Cl2NO. The first kappa shape index (κ1) is 13.2. The predicted octanol–water partition coefficient (Wildman–Crippen LogP) is 3.20. The van der Waals surface area contributed by atoms with Gasteiger partial charge in [-0.25, -0.2) is 0 Å². The summed E-state index contributed by atoms with van der Waals surface area (Å²) < 4.78 is 0. The molecular weight excluding hydrogens is 257 g/mol. The molecule has 2 nitrogen and oxygen atoms in total. The minimum Gasteiger partial charge on any atom is -0.395 e. The van der Waals surface area contributed by atoms with Gasteiger partial charge in [0.2, 0.25) is 0 Å². The van der Waals surface area contributed by atoms with Crippen LogP contribution in [0.4, 0.5) is 0 Å². The van der Waals surface area contributed by atoms with Crippen molar-refractivity contribution in [2.45, 2.75) is 25.9 Å². The van der Waals surface area contributed by atoms with E-state index < -0.39 is 0 Å². The van der Waals surface area contributed by atoms with Gasteiger partial charge in [-0.05, 0) is 31.0 Å². The van der Waals surface area contributed by atoms with Gasteiger partial charge in [0.15, 0.2) is 0 Å². The van der Waals surface area contributed by atoms with E-state index in [9.17, 15) is 5.11 Å². The maximum atomic E-state index is 9.42. The normalized spacial score (nSPS) is 25.4. The van der Waals surface area contributed by atoms with E-state index in [1.165, 1.54) is 0 Å². The van der Waals surface area contributed by atoms with Gasteiger partial charge in [0, 0.05) is 28.2 Å². The second-order valence-electron chi connectivity index (χ2n) is 4.69. The fourth-order valence-corrected chi connectivity index (χ4v) is 2.98. The first-order chi connectivity index (χ1) is 8.13. The van der Waals surface area contributed by atoms with E-state index in [2.05, 4.69) is 11.8 Å². The van der Waals surface area contributed by atoms with Gasteiger partial charge in [-0.3, -0.25) is 4.90 Å². The molecule has 1 fully saturated rings. The number of rotatable bonds is 3. The number of benzene rings is 1. The molecule has 1 saturated heterocycles. The highest BCUT2D eigenvalue weighted by atomic mass is 35.5. The smallest absolute Gasteiger partial charge is 0.0589 e. The zero-order chi connectivity index (χ0) is 12.4. The zero-order valence-electron chi connectivity index (χ0n) is 9.87. The second-order valence-corrected chi connectivity index (χ2v) is 5.50. The first-order valence-electron chi connectivity index (χ1n) is 5.91. The van der Waals surface area contributed by atoms with Crippen LogP contribution in [-0.2, 0) is 6.54 Å². The van der Waals surface area contributed by atoms with E-state index in [1.807, 2.05) is 18.2 Å². The highest BCUT2D eigenvalue weighted by molar-refractivity contribution is 6.35. The number of hydrogen-bond donors (Lipinski definition) is 1. The average molecular weight is 274 g/mol. The molecule has 4 heteroatoms. The standard InChI is InChI=1S/C13H17Cl2NO/c1-9-5-6-16(13(9)8-17)7-10-11(14)3-2-4-12(10)15/h2-4,9,13,17H,5-8H2,1H3. The van der Waals surface area contributed by atoms with Crippen molar-refractivity contribution in [3.05, 3.63) is 33.8 Å². The third-order valence-electron chi connectivity index (χ3n) is 3.61. The molecule has 0 aliphatic carbocycles. The van der Waals surface area contributed by atoms with Crippen molar-refractivity contribution in [1.82, 2.24) is 4.90 Å².